The molecule has 1 N–H and O–H groups in total. The summed E-state index contributed by atoms with van der Waals surface area (Å²) in [6.07, 6.45) is 1.28. The summed E-state index contributed by atoms with van der Waals surface area (Å²) >= 11 is 0. The third-order valence-electron chi connectivity index (χ3n) is 7.07. The van der Waals surface area contributed by atoms with Gasteiger partial charge >= 0.3 is 19.5 Å². The number of hydrogen-bond acceptors (Lipinski definition) is 9. The molecule has 2 aromatic rings. The zero-order valence-corrected chi connectivity index (χ0v) is 27.1. The summed E-state index contributed by atoms with van der Waals surface area (Å²) in [6, 6.07) is 9.65. The molecule has 0 aromatic heterocycles. The van der Waals surface area contributed by atoms with E-state index in [-0.39, 0.29) is 11.8 Å². The van der Waals surface area contributed by atoms with E-state index in [1.54, 1.807) is 47.6 Å². The van der Waals surface area contributed by atoms with Gasteiger partial charge < -0.3 is 19.3 Å². The molecule has 0 aliphatic heterocycles. The Morgan fingerprint density at radius 2 is 1.52 bits per heavy atom. The van der Waals surface area contributed by atoms with E-state index in [0.717, 1.165) is 35.1 Å². The smallest absolute Gasteiger partial charge is 0.373 e. The van der Waals surface area contributed by atoms with Crippen molar-refractivity contribution in [3.63, 3.8) is 0 Å². The fraction of sp³-hybridized carbons (Fsp3) is 0.562. The second kappa shape index (κ2) is 13.2. The predicted molar refractivity (Wildman–Crippen MR) is 160 cm³/mol. The number of phenols is 1. The lowest BCUT2D eigenvalue weighted by molar-refractivity contribution is -0.162. The third kappa shape index (κ3) is 8.59. The zero-order chi connectivity index (χ0) is 31.5. The zero-order valence-electron chi connectivity index (χ0n) is 26.2. The van der Waals surface area contributed by atoms with Crippen LogP contribution in [0.2, 0.25) is 0 Å². The Kier molecular flexibility index (Phi) is 10.6. The summed E-state index contributed by atoms with van der Waals surface area (Å²) in [7, 11) is -4.02. The van der Waals surface area contributed by atoms with Gasteiger partial charge in [0, 0.05) is 5.92 Å². The molecule has 10 heteroatoms. The monoisotopic (exact) mass is 604 g/mol. The Morgan fingerprint density at radius 1 is 0.952 bits per heavy atom. The molecule has 0 fully saturated rings. The van der Waals surface area contributed by atoms with Gasteiger partial charge in [0.25, 0.3) is 0 Å². The molecular formula is C32H45O9P. The number of carbonyl (C=O) groups is 2. The minimum atomic E-state index is -4.02. The van der Waals surface area contributed by atoms with Crippen LogP contribution in [0.3, 0.4) is 0 Å². The van der Waals surface area contributed by atoms with Crippen LogP contribution in [0.15, 0.2) is 30.3 Å². The normalized spacial score (nSPS) is 15.4. The quantitative estimate of drug-likeness (QED) is 0.157. The molecule has 9 nitrogen and oxygen atoms in total. The van der Waals surface area contributed by atoms with Crippen molar-refractivity contribution in [2.45, 2.75) is 87.0 Å². The minimum Gasteiger partial charge on any atom is -0.508 e. The third-order valence-corrected chi connectivity index (χ3v) is 8.51. The molecule has 2 aromatic carbocycles. The highest BCUT2D eigenvalue weighted by Crippen LogP contribution is 2.49. The second-order valence-electron chi connectivity index (χ2n) is 13.1. The Hall–Kier alpha value is -2.87. The van der Waals surface area contributed by atoms with E-state index in [4.69, 9.17) is 23.3 Å². The standard InChI is InChI=1S/C32H45O9P/c1-20(2)26-16-22(11-13-27(26)33)25-12-10-23-15-24(14-21(3)28(23)25)39-19-42(36,40-17-37-29(34)31(4,5)6)41-18-38-30(35)32(7,8)9/h11,13-16,20,25,33H,10,12,17-19H2,1-9H3/t25-/m1/s1. The molecule has 0 saturated heterocycles. The van der Waals surface area contributed by atoms with Crippen molar-refractivity contribution in [1.82, 2.24) is 0 Å². The summed E-state index contributed by atoms with van der Waals surface area (Å²) in [6.45, 7) is 15.0. The van der Waals surface area contributed by atoms with Crippen molar-refractivity contribution in [3.8, 4) is 11.5 Å². The average Bonchev–Trinajstić information content (AvgIpc) is 3.31. The SMILES string of the molecule is Cc1cc(OCP(=O)(OCOC(=O)C(C)(C)C)OCOC(=O)C(C)(C)C)cc2c1[C@@H](c1ccc(O)c(C(C)C)c1)CC2. The number of benzene rings is 2. The summed E-state index contributed by atoms with van der Waals surface area (Å²) in [4.78, 5) is 24.3. The highest BCUT2D eigenvalue weighted by molar-refractivity contribution is 7.53. The van der Waals surface area contributed by atoms with Gasteiger partial charge in [-0.25, -0.2) is 0 Å². The van der Waals surface area contributed by atoms with Gasteiger partial charge in [-0.3, -0.25) is 23.2 Å². The van der Waals surface area contributed by atoms with Crippen LogP contribution in [0.1, 0.15) is 101 Å². The van der Waals surface area contributed by atoms with Crippen molar-refractivity contribution in [1.29, 1.82) is 0 Å². The topological polar surface area (TPSA) is 118 Å². The lowest BCUT2D eigenvalue weighted by Gasteiger charge is -2.22. The van der Waals surface area contributed by atoms with Gasteiger partial charge in [0.2, 0.25) is 13.6 Å². The first-order valence-electron chi connectivity index (χ1n) is 14.2. The first kappa shape index (κ1) is 33.6. The van der Waals surface area contributed by atoms with Gasteiger partial charge in [-0.1, -0.05) is 26.0 Å². The molecular weight excluding hydrogens is 559 g/mol. The second-order valence-corrected chi connectivity index (χ2v) is 15.1. The van der Waals surface area contributed by atoms with Gasteiger partial charge in [-0.05, 0) is 113 Å². The molecule has 0 amide bonds. The molecule has 1 aliphatic rings. The minimum absolute atomic E-state index is 0.194. The summed E-state index contributed by atoms with van der Waals surface area (Å²) in [5.41, 5.74) is 3.92. The summed E-state index contributed by atoms with van der Waals surface area (Å²) in [5, 5.41) is 10.3. The van der Waals surface area contributed by atoms with Gasteiger partial charge in [-0.2, -0.15) is 0 Å². The van der Waals surface area contributed by atoms with Crippen molar-refractivity contribution < 1.29 is 42.5 Å². The summed E-state index contributed by atoms with van der Waals surface area (Å²) in [5.74, 6) is 0.129. The van der Waals surface area contributed by atoms with Crippen LogP contribution in [-0.4, -0.2) is 37.0 Å². The molecule has 0 spiro atoms. The van der Waals surface area contributed by atoms with E-state index in [1.165, 1.54) is 5.56 Å². The van der Waals surface area contributed by atoms with E-state index in [9.17, 15) is 19.3 Å². The van der Waals surface area contributed by atoms with Crippen molar-refractivity contribution in [2.24, 2.45) is 10.8 Å². The van der Waals surface area contributed by atoms with Crippen LogP contribution in [0.5, 0.6) is 11.5 Å². The fourth-order valence-corrected chi connectivity index (χ4v) is 5.63. The Bertz CT molecular complexity index is 1300. The molecule has 0 unspecified atom stereocenters. The van der Waals surface area contributed by atoms with E-state index in [1.807, 2.05) is 25.1 Å². The van der Waals surface area contributed by atoms with Crippen LogP contribution >= 0.6 is 7.60 Å². The maximum atomic E-state index is 13.5. The van der Waals surface area contributed by atoms with Crippen LogP contribution in [0.4, 0.5) is 0 Å². The molecule has 42 heavy (non-hydrogen) atoms. The van der Waals surface area contributed by atoms with Gasteiger partial charge in [0.05, 0.1) is 10.8 Å². The molecule has 0 bridgehead atoms. The lowest BCUT2D eigenvalue weighted by atomic mass is 9.87. The Labute approximate surface area is 249 Å². The number of carbonyl (C=O) groups excluding carboxylic acids is 2. The number of rotatable bonds is 11. The number of phenolic OH excluding ortho intramolecular Hbond substituents is 1. The largest absolute Gasteiger partial charge is 0.508 e. The maximum absolute atomic E-state index is 13.5. The molecule has 232 valence electrons. The molecule has 0 heterocycles. The van der Waals surface area contributed by atoms with Gasteiger partial charge in [-0.15, -0.1) is 0 Å². The van der Waals surface area contributed by atoms with Crippen molar-refractivity contribution in [2.75, 3.05) is 19.9 Å². The van der Waals surface area contributed by atoms with E-state index < -0.39 is 50.3 Å². The molecule has 0 saturated carbocycles. The van der Waals surface area contributed by atoms with Crippen molar-refractivity contribution in [3.05, 3.63) is 58.1 Å². The highest BCUT2D eigenvalue weighted by atomic mass is 31.2. The van der Waals surface area contributed by atoms with Gasteiger partial charge in [0.15, 0.2) is 6.35 Å². The summed E-state index contributed by atoms with van der Waals surface area (Å²) < 4.78 is 40.4. The number of ether oxygens (including phenoxy) is 3. The Morgan fingerprint density at radius 3 is 2.05 bits per heavy atom. The molecule has 0 radical (unpaired) electrons. The Balaban J connectivity index is 1.75. The number of aryl methyl sites for hydroxylation is 2. The first-order chi connectivity index (χ1) is 19.4. The highest BCUT2D eigenvalue weighted by Gasteiger charge is 2.32. The molecule has 3 rings (SSSR count). The number of fused-ring (bicyclic) bond motifs is 1. The number of esters is 2. The first-order valence-corrected chi connectivity index (χ1v) is 16.0. The lowest BCUT2D eigenvalue weighted by Crippen LogP contribution is -2.25. The number of hydrogen-bond donors (Lipinski definition) is 1. The predicted octanol–water partition coefficient (Wildman–Crippen LogP) is 7.56. The van der Waals surface area contributed by atoms with Gasteiger partial charge in [0.1, 0.15) is 11.5 Å². The average molecular weight is 605 g/mol. The fourth-order valence-electron chi connectivity index (χ4n) is 4.67. The number of aromatic hydroxyl groups is 1. The van der Waals surface area contributed by atoms with Crippen LogP contribution in [-0.2, 0) is 39.1 Å². The maximum Gasteiger partial charge on any atom is 0.373 e. The van der Waals surface area contributed by atoms with Crippen molar-refractivity contribution >= 4 is 19.5 Å². The van der Waals surface area contributed by atoms with Crippen LogP contribution in [0.25, 0.3) is 0 Å². The molecule has 1 atom stereocenters. The van der Waals surface area contributed by atoms with E-state index in [0.29, 0.717) is 11.5 Å². The van der Waals surface area contributed by atoms with E-state index >= 15 is 0 Å². The van der Waals surface area contributed by atoms with Crippen LogP contribution in [0, 0.1) is 17.8 Å². The molecule has 1 aliphatic carbocycles. The van der Waals surface area contributed by atoms with E-state index in [2.05, 4.69) is 19.9 Å². The van der Waals surface area contributed by atoms with Crippen LogP contribution < -0.4 is 4.74 Å².